The number of ether oxygens (including phenoxy) is 1. The van der Waals surface area contributed by atoms with Crippen molar-refractivity contribution in [2.45, 2.75) is 6.92 Å². The summed E-state index contributed by atoms with van der Waals surface area (Å²) >= 11 is 7.65. The summed E-state index contributed by atoms with van der Waals surface area (Å²) < 4.78 is 5.31. The number of anilines is 1. The summed E-state index contributed by atoms with van der Waals surface area (Å²) in [7, 11) is 1.65. The molecule has 3 heterocycles. The summed E-state index contributed by atoms with van der Waals surface area (Å²) in [6.45, 7) is 5.05. The molecule has 1 aliphatic rings. The fourth-order valence-corrected chi connectivity index (χ4v) is 5.23. The quantitative estimate of drug-likeness (QED) is 0.419. The van der Waals surface area contributed by atoms with Crippen molar-refractivity contribution in [3.8, 4) is 5.75 Å². The number of rotatable bonds is 3. The molecule has 2 aromatic carbocycles. The number of fused-ring (bicyclic) bond motifs is 2. The number of thiophene rings is 1. The third kappa shape index (κ3) is 3.82. The Labute approximate surface area is 189 Å². The third-order valence-electron chi connectivity index (χ3n) is 5.80. The van der Waals surface area contributed by atoms with Crippen molar-refractivity contribution in [2.24, 2.45) is 0 Å². The first kappa shape index (κ1) is 20.1. The monoisotopic (exact) mass is 451 g/mol. The fraction of sp³-hybridized carbons (Fsp3) is 0.250. The lowest BCUT2D eigenvalue weighted by Gasteiger charge is -2.36. The van der Waals surface area contributed by atoms with Crippen molar-refractivity contribution in [1.29, 1.82) is 0 Å². The molecule has 0 saturated carbocycles. The van der Waals surface area contributed by atoms with Gasteiger partial charge in [-0.15, -0.1) is 11.3 Å². The smallest absolute Gasteiger partial charge is 0.264 e. The highest BCUT2D eigenvalue weighted by atomic mass is 35.5. The van der Waals surface area contributed by atoms with E-state index >= 15 is 0 Å². The summed E-state index contributed by atoms with van der Waals surface area (Å²) in [4.78, 5) is 23.8. The van der Waals surface area contributed by atoms with Crippen LogP contribution in [0.3, 0.4) is 0 Å². The molecule has 1 amide bonds. The predicted molar refractivity (Wildman–Crippen MR) is 128 cm³/mol. The molecule has 158 valence electrons. The van der Waals surface area contributed by atoms with Gasteiger partial charge in [0.15, 0.2) is 0 Å². The zero-order valence-electron chi connectivity index (χ0n) is 17.4. The van der Waals surface area contributed by atoms with Gasteiger partial charge in [-0.3, -0.25) is 4.79 Å². The molecule has 0 radical (unpaired) electrons. The second-order valence-electron chi connectivity index (χ2n) is 7.76. The van der Waals surface area contributed by atoms with Crippen molar-refractivity contribution < 1.29 is 9.53 Å². The number of amides is 1. The van der Waals surface area contributed by atoms with E-state index < -0.39 is 0 Å². The lowest BCUT2D eigenvalue weighted by molar-refractivity contribution is 0.0751. The third-order valence-corrected chi connectivity index (χ3v) is 7.07. The molecule has 0 unspecified atom stereocenters. The van der Waals surface area contributed by atoms with E-state index in [1.807, 2.05) is 47.4 Å². The normalized spacial score (nSPS) is 14.4. The van der Waals surface area contributed by atoms with E-state index in [1.54, 1.807) is 7.11 Å². The Morgan fingerprint density at radius 2 is 1.84 bits per heavy atom. The molecule has 1 fully saturated rings. The first-order valence-electron chi connectivity index (χ1n) is 10.2. The molecule has 0 spiro atoms. The molecule has 7 heteroatoms. The maximum Gasteiger partial charge on any atom is 0.264 e. The molecule has 0 aliphatic carbocycles. The van der Waals surface area contributed by atoms with Crippen LogP contribution in [0.2, 0.25) is 5.02 Å². The Morgan fingerprint density at radius 1 is 1.03 bits per heavy atom. The van der Waals surface area contributed by atoms with Gasteiger partial charge in [-0.2, -0.15) is 0 Å². The maximum atomic E-state index is 13.2. The van der Waals surface area contributed by atoms with Gasteiger partial charge in [0.1, 0.15) is 10.6 Å². The van der Waals surface area contributed by atoms with Crippen LogP contribution in [0.25, 0.3) is 21.1 Å². The highest BCUT2D eigenvalue weighted by molar-refractivity contribution is 7.20. The maximum absolute atomic E-state index is 13.2. The molecule has 2 aromatic heterocycles. The summed E-state index contributed by atoms with van der Waals surface area (Å²) in [5, 5.41) is 2.73. The molecule has 5 rings (SSSR count). The zero-order valence-corrected chi connectivity index (χ0v) is 19.0. The fourth-order valence-electron chi connectivity index (χ4n) is 4.08. The molecular weight excluding hydrogens is 430 g/mol. The van der Waals surface area contributed by atoms with Crippen LogP contribution in [0.15, 0.2) is 48.5 Å². The lowest BCUT2D eigenvalue weighted by Crippen LogP contribution is -2.48. The van der Waals surface area contributed by atoms with E-state index in [0.29, 0.717) is 13.1 Å². The first-order chi connectivity index (χ1) is 15.0. The van der Waals surface area contributed by atoms with Gasteiger partial charge >= 0.3 is 0 Å². The SMILES string of the molecule is COc1ccc2nc3sc(C(=O)N4CCN(c5cc(Cl)ccc5C)CC4)cc3cc2c1. The molecule has 1 saturated heterocycles. The average Bonchev–Trinajstić information content (AvgIpc) is 3.21. The molecule has 31 heavy (non-hydrogen) atoms. The summed E-state index contributed by atoms with van der Waals surface area (Å²) in [5.74, 6) is 0.875. The number of methoxy groups -OCH3 is 1. The Kier molecular flexibility index (Phi) is 5.20. The van der Waals surface area contributed by atoms with Gasteiger partial charge in [-0.1, -0.05) is 17.7 Å². The van der Waals surface area contributed by atoms with Gasteiger partial charge in [0.2, 0.25) is 0 Å². The molecule has 4 aromatic rings. The number of piperazine rings is 1. The summed E-state index contributed by atoms with van der Waals surface area (Å²) in [6.07, 6.45) is 0. The topological polar surface area (TPSA) is 45.7 Å². The van der Waals surface area contributed by atoms with Crippen molar-refractivity contribution >= 4 is 55.7 Å². The van der Waals surface area contributed by atoms with E-state index in [-0.39, 0.29) is 5.91 Å². The second kappa shape index (κ2) is 8.02. The van der Waals surface area contributed by atoms with Crippen LogP contribution in [0, 0.1) is 6.92 Å². The van der Waals surface area contributed by atoms with Crippen LogP contribution in [0.4, 0.5) is 5.69 Å². The number of aryl methyl sites for hydroxylation is 1. The van der Waals surface area contributed by atoms with Gasteiger partial charge in [0, 0.05) is 47.7 Å². The zero-order chi connectivity index (χ0) is 21.5. The Morgan fingerprint density at radius 3 is 2.61 bits per heavy atom. The van der Waals surface area contributed by atoms with Gasteiger partial charge in [-0.25, -0.2) is 4.98 Å². The molecule has 0 atom stereocenters. The Bertz CT molecular complexity index is 1290. The first-order valence-corrected chi connectivity index (χ1v) is 11.4. The number of hydrogen-bond acceptors (Lipinski definition) is 5. The number of aromatic nitrogens is 1. The minimum Gasteiger partial charge on any atom is -0.497 e. The molecule has 5 nitrogen and oxygen atoms in total. The Balaban J connectivity index is 1.35. The number of carbonyl (C=O) groups is 1. The lowest BCUT2D eigenvalue weighted by atomic mass is 10.1. The molecule has 0 bridgehead atoms. The van der Waals surface area contributed by atoms with E-state index in [9.17, 15) is 4.79 Å². The highest BCUT2D eigenvalue weighted by Crippen LogP contribution is 2.31. The van der Waals surface area contributed by atoms with Crippen LogP contribution < -0.4 is 9.64 Å². The van der Waals surface area contributed by atoms with Crippen LogP contribution in [-0.2, 0) is 0 Å². The number of nitrogens with zero attached hydrogens (tertiary/aromatic N) is 3. The van der Waals surface area contributed by atoms with E-state index in [4.69, 9.17) is 21.3 Å². The second-order valence-corrected chi connectivity index (χ2v) is 9.23. The standard InChI is InChI=1S/C24H22ClN3O2S/c1-15-3-4-18(25)14-21(15)27-7-9-28(10-8-27)24(29)22-13-17-11-16-12-19(30-2)5-6-20(16)26-23(17)31-22/h3-6,11-14H,7-10H2,1-2H3. The van der Waals surface area contributed by atoms with Crippen molar-refractivity contribution in [3.05, 3.63) is 64.0 Å². The summed E-state index contributed by atoms with van der Waals surface area (Å²) in [6, 6.07) is 15.8. The number of halogens is 1. The van der Waals surface area contributed by atoms with E-state index in [2.05, 4.69) is 17.9 Å². The van der Waals surface area contributed by atoms with Crippen molar-refractivity contribution in [2.75, 3.05) is 38.2 Å². The van der Waals surface area contributed by atoms with Crippen LogP contribution in [0.1, 0.15) is 15.2 Å². The predicted octanol–water partition coefficient (Wildman–Crippen LogP) is 5.38. The number of benzene rings is 2. The van der Waals surface area contributed by atoms with E-state index in [0.717, 1.165) is 55.5 Å². The molecular formula is C24H22ClN3O2S. The summed E-state index contributed by atoms with van der Waals surface area (Å²) in [5.41, 5.74) is 3.25. The average molecular weight is 452 g/mol. The largest absolute Gasteiger partial charge is 0.497 e. The number of carbonyl (C=O) groups excluding carboxylic acids is 1. The minimum absolute atomic E-state index is 0.0760. The van der Waals surface area contributed by atoms with Gasteiger partial charge in [-0.05, 0) is 55.0 Å². The van der Waals surface area contributed by atoms with E-state index in [1.165, 1.54) is 16.9 Å². The Hall–Kier alpha value is -2.83. The van der Waals surface area contributed by atoms with Crippen molar-refractivity contribution in [1.82, 2.24) is 9.88 Å². The minimum atomic E-state index is 0.0760. The van der Waals surface area contributed by atoms with Gasteiger partial charge < -0.3 is 14.5 Å². The number of pyridine rings is 1. The number of hydrogen-bond donors (Lipinski definition) is 0. The van der Waals surface area contributed by atoms with Crippen molar-refractivity contribution in [3.63, 3.8) is 0 Å². The highest BCUT2D eigenvalue weighted by Gasteiger charge is 2.24. The van der Waals surface area contributed by atoms with Crippen LogP contribution >= 0.6 is 22.9 Å². The molecule has 0 N–H and O–H groups in total. The van der Waals surface area contributed by atoms with Crippen LogP contribution in [-0.4, -0.2) is 49.1 Å². The van der Waals surface area contributed by atoms with Gasteiger partial charge in [0.05, 0.1) is 17.5 Å². The van der Waals surface area contributed by atoms with Gasteiger partial charge in [0.25, 0.3) is 5.91 Å². The molecule has 1 aliphatic heterocycles. The van der Waals surface area contributed by atoms with Crippen LogP contribution in [0.5, 0.6) is 5.75 Å².